The Morgan fingerprint density at radius 1 is 1.27 bits per heavy atom. The Labute approximate surface area is 126 Å². The molecule has 1 saturated heterocycles. The number of hydrogen-bond acceptors (Lipinski definition) is 3. The zero-order valence-electron chi connectivity index (χ0n) is 11.6. The molecule has 1 fully saturated rings. The standard InChI is InChI=1S/C14H16F3NO3S/c15-14(16,17)12(8-10-4-2-1-3-5-10)18-13(19)11-6-7-22(20,21)9-11/h1-5,11-12H,6-9H2,(H,18,19)/t11-,12+/m1/s1. The smallest absolute Gasteiger partial charge is 0.344 e. The van der Waals surface area contributed by atoms with Crippen LogP contribution in [0.25, 0.3) is 0 Å². The van der Waals surface area contributed by atoms with E-state index in [1.165, 1.54) is 0 Å². The third kappa shape index (κ3) is 4.46. The van der Waals surface area contributed by atoms with Gasteiger partial charge in [0.1, 0.15) is 6.04 Å². The molecule has 1 N–H and O–H groups in total. The SMILES string of the molecule is O=C(N[C@@H](Cc1ccccc1)C(F)(F)F)[C@@H]1CCS(=O)(=O)C1. The zero-order chi connectivity index (χ0) is 16.4. The predicted octanol–water partition coefficient (Wildman–Crippen LogP) is 1.71. The summed E-state index contributed by atoms with van der Waals surface area (Å²) >= 11 is 0. The van der Waals surface area contributed by atoms with E-state index in [4.69, 9.17) is 0 Å². The first-order chi connectivity index (χ1) is 10.2. The molecule has 22 heavy (non-hydrogen) atoms. The van der Waals surface area contributed by atoms with Crippen LogP contribution in [0.1, 0.15) is 12.0 Å². The van der Waals surface area contributed by atoms with Gasteiger partial charge < -0.3 is 5.32 Å². The summed E-state index contributed by atoms with van der Waals surface area (Å²) in [6.45, 7) is 0. The average Bonchev–Trinajstić information content (AvgIpc) is 2.78. The van der Waals surface area contributed by atoms with Gasteiger partial charge in [-0.25, -0.2) is 8.42 Å². The van der Waals surface area contributed by atoms with Crippen molar-refractivity contribution in [2.45, 2.75) is 25.1 Å². The molecule has 0 unspecified atom stereocenters. The summed E-state index contributed by atoms with van der Waals surface area (Å²) in [6, 6.07) is 6.00. The Bertz CT molecular complexity index is 628. The molecule has 1 aromatic carbocycles. The number of carbonyl (C=O) groups is 1. The molecule has 2 rings (SSSR count). The number of rotatable bonds is 4. The molecule has 1 aromatic rings. The Kier molecular flexibility index (Phi) is 4.79. The van der Waals surface area contributed by atoms with Crippen LogP contribution in [-0.4, -0.2) is 38.0 Å². The van der Waals surface area contributed by atoms with E-state index in [1.807, 2.05) is 5.32 Å². The van der Waals surface area contributed by atoms with Gasteiger partial charge in [-0.15, -0.1) is 0 Å². The molecule has 8 heteroatoms. The van der Waals surface area contributed by atoms with Crippen LogP contribution >= 0.6 is 0 Å². The number of hydrogen-bond donors (Lipinski definition) is 1. The molecule has 0 aliphatic carbocycles. The first kappa shape index (κ1) is 16.8. The fourth-order valence-corrected chi connectivity index (χ4v) is 4.13. The molecule has 4 nitrogen and oxygen atoms in total. The van der Waals surface area contributed by atoms with Crippen molar-refractivity contribution in [1.82, 2.24) is 5.32 Å². The lowest BCUT2D eigenvalue weighted by molar-refractivity contribution is -0.162. The van der Waals surface area contributed by atoms with Crippen molar-refractivity contribution in [2.24, 2.45) is 5.92 Å². The lowest BCUT2D eigenvalue weighted by Crippen LogP contribution is -2.49. The van der Waals surface area contributed by atoms with Gasteiger partial charge in [0.05, 0.1) is 17.4 Å². The lowest BCUT2D eigenvalue weighted by atomic mass is 10.0. The molecule has 0 bridgehead atoms. The predicted molar refractivity (Wildman–Crippen MR) is 74.9 cm³/mol. The Morgan fingerprint density at radius 3 is 2.41 bits per heavy atom. The van der Waals surface area contributed by atoms with E-state index in [9.17, 15) is 26.4 Å². The summed E-state index contributed by atoms with van der Waals surface area (Å²) in [5, 5.41) is 1.96. The molecule has 122 valence electrons. The highest BCUT2D eigenvalue weighted by Crippen LogP contribution is 2.25. The molecule has 1 amide bonds. The minimum atomic E-state index is -4.59. The number of halogens is 3. The van der Waals surface area contributed by atoms with E-state index < -0.39 is 33.9 Å². The van der Waals surface area contributed by atoms with Crippen LogP contribution < -0.4 is 5.32 Å². The average molecular weight is 335 g/mol. The molecule has 2 atom stereocenters. The highest BCUT2D eigenvalue weighted by molar-refractivity contribution is 7.91. The quantitative estimate of drug-likeness (QED) is 0.911. The zero-order valence-corrected chi connectivity index (χ0v) is 12.5. The number of nitrogens with one attached hydrogen (secondary N) is 1. The van der Waals surface area contributed by atoms with Crippen molar-refractivity contribution in [3.63, 3.8) is 0 Å². The normalized spacial score (nSPS) is 22.2. The number of carbonyl (C=O) groups excluding carboxylic acids is 1. The van der Waals surface area contributed by atoms with Gasteiger partial charge in [-0.05, 0) is 12.0 Å². The second-order valence-corrected chi connectivity index (χ2v) is 7.62. The molecular weight excluding hydrogens is 319 g/mol. The van der Waals surface area contributed by atoms with E-state index in [2.05, 4.69) is 0 Å². The maximum Gasteiger partial charge on any atom is 0.408 e. The van der Waals surface area contributed by atoms with Gasteiger partial charge in [-0.2, -0.15) is 13.2 Å². The van der Waals surface area contributed by atoms with Crippen LogP contribution in [0.3, 0.4) is 0 Å². The molecule has 0 aromatic heterocycles. The Balaban J connectivity index is 2.06. The van der Waals surface area contributed by atoms with E-state index in [0.29, 0.717) is 5.56 Å². The maximum atomic E-state index is 13.1. The number of benzene rings is 1. The minimum Gasteiger partial charge on any atom is -0.344 e. The topological polar surface area (TPSA) is 63.2 Å². The van der Waals surface area contributed by atoms with Crippen molar-refractivity contribution in [2.75, 3.05) is 11.5 Å². The summed E-state index contributed by atoms with van der Waals surface area (Å²) in [5.41, 5.74) is 0.448. The summed E-state index contributed by atoms with van der Waals surface area (Å²) < 4.78 is 61.9. The van der Waals surface area contributed by atoms with E-state index >= 15 is 0 Å². The molecule has 1 aliphatic heterocycles. The van der Waals surface area contributed by atoms with Gasteiger partial charge in [0.2, 0.25) is 5.91 Å². The second-order valence-electron chi connectivity index (χ2n) is 5.39. The van der Waals surface area contributed by atoms with Crippen LogP contribution in [0.2, 0.25) is 0 Å². The summed E-state index contributed by atoms with van der Waals surface area (Å²) in [6.07, 6.45) is -4.90. The summed E-state index contributed by atoms with van der Waals surface area (Å²) in [4.78, 5) is 11.9. The summed E-state index contributed by atoms with van der Waals surface area (Å²) in [5.74, 6) is -2.28. The third-order valence-corrected chi connectivity index (χ3v) is 5.37. The van der Waals surface area contributed by atoms with E-state index in [1.54, 1.807) is 30.3 Å². The molecule has 0 saturated carbocycles. The Morgan fingerprint density at radius 2 is 1.91 bits per heavy atom. The molecule has 1 aliphatic rings. The van der Waals surface area contributed by atoms with Gasteiger partial charge in [-0.1, -0.05) is 30.3 Å². The minimum absolute atomic E-state index is 0.0735. The van der Waals surface area contributed by atoms with Crippen LogP contribution in [0.15, 0.2) is 30.3 Å². The number of alkyl halides is 3. The molecule has 0 radical (unpaired) electrons. The van der Waals surface area contributed by atoms with Crippen LogP contribution in [0.5, 0.6) is 0 Å². The maximum absolute atomic E-state index is 13.1. The van der Waals surface area contributed by atoms with Crippen molar-refractivity contribution in [3.05, 3.63) is 35.9 Å². The van der Waals surface area contributed by atoms with Gasteiger partial charge >= 0.3 is 6.18 Å². The van der Waals surface area contributed by atoms with Crippen LogP contribution in [0, 0.1) is 5.92 Å². The number of sulfone groups is 1. The van der Waals surface area contributed by atoms with Gasteiger partial charge in [-0.3, -0.25) is 4.79 Å². The Hall–Kier alpha value is -1.57. The fraction of sp³-hybridized carbons (Fsp3) is 0.500. The van der Waals surface area contributed by atoms with Crippen molar-refractivity contribution in [1.29, 1.82) is 0 Å². The van der Waals surface area contributed by atoms with Gasteiger partial charge in [0, 0.05) is 6.42 Å². The first-order valence-corrected chi connectivity index (χ1v) is 8.61. The van der Waals surface area contributed by atoms with E-state index in [-0.39, 0.29) is 24.3 Å². The van der Waals surface area contributed by atoms with Crippen LogP contribution in [0.4, 0.5) is 13.2 Å². The lowest BCUT2D eigenvalue weighted by Gasteiger charge is -2.23. The third-order valence-electron chi connectivity index (χ3n) is 3.60. The van der Waals surface area contributed by atoms with Crippen LogP contribution in [-0.2, 0) is 21.1 Å². The molecule has 0 spiro atoms. The largest absolute Gasteiger partial charge is 0.408 e. The van der Waals surface area contributed by atoms with Gasteiger partial charge in [0.25, 0.3) is 0 Å². The van der Waals surface area contributed by atoms with Crippen molar-refractivity contribution < 1.29 is 26.4 Å². The highest BCUT2D eigenvalue weighted by atomic mass is 32.2. The van der Waals surface area contributed by atoms with Crippen molar-refractivity contribution >= 4 is 15.7 Å². The molecular formula is C14H16F3NO3S. The van der Waals surface area contributed by atoms with E-state index in [0.717, 1.165) is 0 Å². The second kappa shape index (κ2) is 6.28. The van der Waals surface area contributed by atoms with Gasteiger partial charge in [0.15, 0.2) is 9.84 Å². The first-order valence-electron chi connectivity index (χ1n) is 6.79. The monoisotopic (exact) mass is 335 g/mol. The van der Waals surface area contributed by atoms with Crippen molar-refractivity contribution in [3.8, 4) is 0 Å². The fourth-order valence-electron chi connectivity index (χ4n) is 2.39. The highest BCUT2D eigenvalue weighted by Gasteiger charge is 2.42. The summed E-state index contributed by atoms with van der Waals surface area (Å²) in [7, 11) is -3.31. The molecule has 1 heterocycles. The number of amides is 1.